The smallest absolute Gasteiger partial charge is 0.293 e. The molecule has 4 aliphatic heterocycles. The summed E-state index contributed by atoms with van der Waals surface area (Å²) in [6.07, 6.45) is 4.08. The zero-order valence-corrected chi connectivity index (χ0v) is 37.8. The first-order valence-electron chi connectivity index (χ1n) is 22.4. The van der Waals surface area contributed by atoms with Crippen LogP contribution in [0.1, 0.15) is 35.2 Å². The van der Waals surface area contributed by atoms with Gasteiger partial charge in [0, 0.05) is 74.2 Å². The maximum Gasteiger partial charge on any atom is 0.293 e. The highest BCUT2D eigenvalue weighted by atomic mass is 35.5. The molecule has 0 bridgehead atoms. The zero-order chi connectivity index (χ0) is 45.4. The lowest BCUT2D eigenvalue weighted by Crippen LogP contribution is -2.47. The number of nitro groups is 1. The number of hydrogen-bond donors (Lipinski definition) is 3. The Morgan fingerprint density at radius 3 is 2.50 bits per heavy atom. The van der Waals surface area contributed by atoms with Crippen LogP contribution in [-0.2, 0) is 24.2 Å². The predicted octanol–water partition coefficient (Wildman–Crippen LogP) is 6.62. The van der Waals surface area contributed by atoms with Crippen molar-refractivity contribution in [1.82, 2.24) is 19.6 Å². The first kappa shape index (κ1) is 44.1. The topological polar surface area (TPSA) is 194 Å². The van der Waals surface area contributed by atoms with Crippen LogP contribution in [0.5, 0.6) is 5.88 Å². The molecule has 3 atom stereocenters. The molecule has 3 N–H and O–H groups in total. The van der Waals surface area contributed by atoms with Gasteiger partial charge in [-0.25, -0.2) is 13.1 Å². The van der Waals surface area contributed by atoms with Crippen molar-refractivity contribution < 1.29 is 37.1 Å². The van der Waals surface area contributed by atoms with Gasteiger partial charge in [-0.15, -0.1) is 0 Å². The molecule has 6 heterocycles. The molecular weight excluding hydrogens is 888 g/mol. The second-order valence-electron chi connectivity index (χ2n) is 17.4. The van der Waals surface area contributed by atoms with Gasteiger partial charge in [-0.3, -0.25) is 19.8 Å². The summed E-state index contributed by atoms with van der Waals surface area (Å²) in [7, 11) is -4.60. The van der Waals surface area contributed by atoms with Gasteiger partial charge in [0.05, 0.1) is 66.8 Å². The summed E-state index contributed by atoms with van der Waals surface area (Å²) in [4.78, 5) is 40.1. The van der Waals surface area contributed by atoms with Crippen molar-refractivity contribution in [3.05, 3.63) is 111 Å². The number of amides is 1. The Balaban J connectivity index is 0.919. The molecule has 66 heavy (non-hydrogen) atoms. The normalized spacial score (nSPS) is 21.5. The number of carbonyl (C=O) groups excluding carboxylic acids is 1. The molecule has 3 saturated heterocycles. The Labute approximate surface area is 387 Å². The number of allylic oxidation sites excluding steroid dienone is 1. The highest BCUT2D eigenvalue weighted by Gasteiger charge is 2.36. The number of anilines is 4. The highest BCUT2D eigenvalue weighted by Crippen LogP contribution is 2.44. The summed E-state index contributed by atoms with van der Waals surface area (Å²) in [6.45, 7) is 7.82. The molecular formula is C47H51ClN8O9S. The van der Waals surface area contributed by atoms with E-state index in [2.05, 4.69) is 37.0 Å². The van der Waals surface area contributed by atoms with Gasteiger partial charge in [0.15, 0.2) is 0 Å². The third-order valence-corrected chi connectivity index (χ3v) is 14.8. The molecule has 2 aromatic heterocycles. The van der Waals surface area contributed by atoms with Crippen molar-refractivity contribution in [1.29, 1.82) is 0 Å². The minimum atomic E-state index is -4.60. The lowest BCUT2D eigenvalue weighted by atomic mass is 9.75. The number of nitrogens with zero attached hydrogens (tertiary/aromatic N) is 5. The number of hydrogen-bond acceptors (Lipinski definition) is 14. The number of aromatic nitrogens is 2. The number of piperazine rings is 1. The number of sulfonamides is 1. The maximum atomic E-state index is 14.4. The van der Waals surface area contributed by atoms with E-state index in [0.29, 0.717) is 74.1 Å². The summed E-state index contributed by atoms with van der Waals surface area (Å²) < 4.78 is 53.2. The molecule has 346 valence electrons. The van der Waals surface area contributed by atoms with Crippen molar-refractivity contribution in [3.63, 3.8) is 0 Å². The molecule has 10 rings (SSSR count). The zero-order valence-electron chi connectivity index (χ0n) is 36.2. The highest BCUT2D eigenvalue weighted by molar-refractivity contribution is 7.90. The van der Waals surface area contributed by atoms with Gasteiger partial charge in [0.25, 0.3) is 21.6 Å². The molecule has 0 saturated carbocycles. The predicted molar refractivity (Wildman–Crippen MR) is 251 cm³/mol. The number of rotatable bonds is 12. The number of benzene rings is 3. The molecule has 5 aromatic rings. The largest absolute Gasteiger partial charge is 0.476 e. The van der Waals surface area contributed by atoms with Crippen LogP contribution in [0.25, 0.3) is 16.6 Å². The van der Waals surface area contributed by atoms with E-state index in [0.717, 1.165) is 80.9 Å². The Hall–Kier alpha value is -5.76. The average molecular weight is 939 g/mol. The number of ether oxygens (including phenoxy) is 4. The average Bonchev–Trinajstić information content (AvgIpc) is 3.94. The van der Waals surface area contributed by atoms with Gasteiger partial charge in [0.2, 0.25) is 5.88 Å². The van der Waals surface area contributed by atoms with Gasteiger partial charge in [0.1, 0.15) is 17.0 Å². The summed E-state index contributed by atoms with van der Waals surface area (Å²) in [5.41, 5.74) is 6.45. The van der Waals surface area contributed by atoms with Crippen LogP contribution in [0.3, 0.4) is 0 Å². The minimum Gasteiger partial charge on any atom is -0.476 e. The van der Waals surface area contributed by atoms with Crippen LogP contribution < -0.4 is 24.6 Å². The molecule has 3 fully saturated rings. The van der Waals surface area contributed by atoms with Crippen LogP contribution in [0.4, 0.5) is 28.4 Å². The van der Waals surface area contributed by atoms with E-state index in [1.54, 1.807) is 12.3 Å². The third kappa shape index (κ3) is 9.30. The summed E-state index contributed by atoms with van der Waals surface area (Å²) in [5, 5.41) is 16.7. The quantitative estimate of drug-likeness (QED) is 0.0892. The van der Waals surface area contributed by atoms with Crippen LogP contribution in [0.2, 0.25) is 5.02 Å². The van der Waals surface area contributed by atoms with Gasteiger partial charge in [-0.2, -0.15) is 4.98 Å². The Bertz CT molecular complexity index is 2770. The monoisotopic (exact) mass is 938 g/mol. The molecule has 17 nitrogen and oxygen atoms in total. The molecule has 19 heteroatoms. The van der Waals surface area contributed by atoms with Crippen LogP contribution in [0.15, 0.2) is 89.5 Å². The first-order chi connectivity index (χ1) is 32.1. The van der Waals surface area contributed by atoms with Crippen molar-refractivity contribution in [2.24, 2.45) is 11.8 Å². The van der Waals surface area contributed by atoms with E-state index < -0.39 is 31.4 Å². The van der Waals surface area contributed by atoms with Crippen molar-refractivity contribution in [2.75, 3.05) is 101 Å². The van der Waals surface area contributed by atoms with Crippen LogP contribution >= 0.6 is 11.6 Å². The number of nitrogens with one attached hydrogen (secondary N) is 3. The van der Waals surface area contributed by atoms with E-state index in [9.17, 15) is 23.3 Å². The van der Waals surface area contributed by atoms with Gasteiger partial charge in [-0.05, 0) is 96.8 Å². The van der Waals surface area contributed by atoms with Crippen molar-refractivity contribution in [2.45, 2.75) is 30.3 Å². The van der Waals surface area contributed by atoms with Crippen LogP contribution in [0, 0.1) is 22.0 Å². The second kappa shape index (κ2) is 18.9. The standard InChI is InChI=1S/C47H51ClN8O9S/c48-35-4-2-30(3-5-35)40-21-34-28-63-27-33(34)20-32(40)26-53-13-15-54(16-14-53)36-6-8-39(42(23-36)55-12-1-17-65-47-44(55)22-31-10-11-49-45(31)51-47)46(57)52-66(60,61)38-7-9-41(43(24-38)56(58)59)50-25-37-29-62-18-19-64-37/h2-11,22-24,33-34,37,50H,1,12-21,25-29H2,(H,49,51)(H,52,57)/t33?,34?,37-/m0/s1. The van der Waals surface area contributed by atoms with E-state index in [1.165, 1.54) is 28.8 Å². The summed E-state index contributed by atoms with van der Waals surface area (Å²) >= 11 is 6.28. The summed E-state index contributed by atoms with van der Waals surface area (Å²) in [6, 6.07) is 20.9. The van der Waals surface area contributed by atoms with E-state index >= 15 is 0 Å². The Kier molecular flexibility index (Phi) is 12.6. The fourth-order valence-corrected chi connectivity index (χ4v) is 10.9. The molecule has 2 unspecified atom stereocenters. The second-order valence-corrected chi connectivity index (χ2v) is 19.5. The Morgan fingerprint density at radius 1 is 0.894 bits per heavy atom. The minimum absolute atomic E-state index is 0.0959. The molecule has 0 spiro atoms. The number of carbonyl (C=O) groups is 1. The molecule has 1 amide bonds. The lowest BCUT2D eigenvalue weighted by Gasteiger charge is -2.39. The number of aromatic amines is 1. The first-order valence-corrected chi connectivity index (χ1v) is 24.3. The molecule has 0 radical (unpaired) electrons. The maximum absolute atomic E-state index is 14.4. The molecule has 3 aromatic carbocycles. The van der Waals surface area contributed by atoms with Crippen molar-refractivity contribution >= 4 is 72.6 Å². The van der Waals surface area contributed by atoms with E-state index in [-0.39, 0.29) is 23.9 Å². The van der Waals surface area contributed by atoms with E-state index in [4.69, 9.17) is 35.5 Å². The fraction of sp³-hybridized carbons (Fsp3) is 0.404. The Morgan fingerprint density at radius 2 is 1.71 bits per heavy atom. The number of pyridine rings is 1. The third-order valence-electron chi connectivity index (χ3n) is 13.2. The molecule has 5 aliphatic rings. The van der Waals surface area contributed by atoms with Gasteiger partial charge in [-0.1, -0.05) is 29.3 Å². The lowest BCUT2D eigenvalue weighted by molar-refractivity contribution is -0.384. The number of halogens is 1. The SMILES string of the molecule is O=C(NS(=O)(=O)c1ccc(NC[C@H]2COCCO2)c([N+](=O)[O-])c1)c1ccc(N2CCN(CC3=C(c4ccc(Cl)cc4)CC4COCC4C3)CC2)cc1N1CCCOc2nc3[nH]ccc3cc21. The number of nitro benzene ring substituents is 1. The van der Waals surface area contributed by atoms with Crippen molar-refractivity contribution in [3.8, 4) is 5.88 Å². The summed E-state index contributed by atoms with van der Waals surface area (Å²) in [5.74, 6) is 0.551. The van der Waals surface area contributed by atoms with E-state index in [1.807, 2.05) is 41.3 Å². The molecule has 1 aliphatic carbocycles. The van der Waals surface area contributed by atoms with Gasteiger partial charge >= 0.3 is 0 Å². The van der Waals surface area contributed by atoms with Crippen LogP contribution in [-0.4, -0.2) is 126 Å². The number of H-pyrrole nitrogens is 1. The fourth-order valence-electron chi connectivity index (χ4n) is 9.75. The number of fused-ring (bicyclic) bond motifs is 3. The van der Waals surface area contributed by atoms with Gasteiger partial charge < -0.3 is 39.0 Å².